The van der Waals surface area contributed by atoms with Crippen LogP contribution in [0.1, 0.15) is 39.4 Å². The molecule has 0 aliphatic carbocycles. The minimum atomic E-state index is -1.15. The van der Waals surface area contributed by atoms with Crippen LogP contribution in [-0.4, -0.2) is 21.3 Å². The highest BCUT2D eigenvalue weighted by Gasteiger charge is 2.53. The smallest absolute Gasteiger partial charge is 0.273 e. The van der Waals surface area contributed by atoms with Gasteiger partial charge < -0.3 is 0 Å². The van der Waals surface area contributed by atoms with E-state index < -0.39 is 16.8 Å². The summed E-state index contributed by atoms with van der Waals surface area (Å²) in [6.07, 6.45) is 0.353. The molecule has 0 N–H and O–H groups in total. The molecule has 1 aliphatic heterocycles. The second-order valence-electron chi connectivity index (χ2n) is 10.3. The van der Waals surface area contributed by atoms with Gasteiger partial charge in [0.15, 0.2) is 0 Å². The Balaban J connectivity index is 1.41. The normalized spacial score (nSPS) is 15.6. The van der Waals surface area contributed by atoms with Gasteiger partial charge in [0.05, 0.1) is 11.3 Å². The van der Waals surface area contributed by atoms with Crippen molar-refractivity contribution in [1.82, 2.24) is 4.90 Å². The summed E-state index contributed by atoms with van der Waals surface area (Å²) in [7, 11) is 0. The number of amides is 2. The molecule has 1 heterocycles. The van der Waals surface area contributed by atoms with Gasteiger partial charge in [-0.25, -0.2) is 0 Å². The zero-order valence-corrected chi connectivity index (χ0v) is 24.0. The standard InChI is InChI=1S/C36H28N4O2S/c37-39-38-33(27-15-5-1-6-16-27)28-17-13-14-26(24-28)25-32-34(41)40(35(42)43-32)36(29-18-7-2-8-19-29,30-20-9-3-10-21-30)31-22-11-4-12-23-31/h1-24,32-33H,25H2. The first kappa shape index (κ1) is 28.0. The van der Waals surface area contributed by atoms with Crippen LogP contribution in [0.3, 0.4) is 0 Å². The molecule has 210 valence electrons. The van der Waals surface area contributed by atoms with Gasteiger partial charge in [0, 0.05) is 4.91 Å². The number of carbonyl (C=O) groups is 2. The molecule has 5 aromatic carbocycles. The zero-order chi connectivity index (χ0) is 29.6. The fourth-order valence-corrected chi connectivity index (χ4v) is 6.99. The molecule has 0 radical (unpaired) electrons. The van der Waals surface area contributed by atoms with Crippen LogP contribution in [-0.2, 0) is 16.8 Å². The summed E-state index contributed by atoms with van der Waals surface area (Å²) in [5.74, 6) is -0.244. The zero-order valence-electron chi connectivity index (χ0n) is 23.2. The van der Waals surface area contributed by atoms with E-state index in [4.69, 9.17) is 0 Å². The van der Waals surface area contributed by atoms with E-state index in [9.17, 15) is 15.1 Å². The second-order valence-corrected chi connectivity index (χ2v) is 11.5. The lowest BCUT2D eigenvalue weighted by molar-refractivity contribution is -0.129. The minimum Gasteiger partial charge on any atom is -0.273 e. The molecule has 0 saturated carbocycles. The van der Waals surface area contributed by atoms with Crippen molar-refractivity contribution in [1.29, 1.82) is 0 Å². The average Bonchev–Trinajstić information content (AvgIpc) is 3.34. The summed E-state index contributed by atoms with van der Waals surface area (Å²) >= 11 is 1.06. The van der Waals surface area contributed by atoms with E-state index in [-0.39, 0.29) is 11.1 Å². The Morgan fingerprint density at radius 3 is 1.70 bits per heavy atom. The third-order valence-corrected chi connectivity index (χ3v) is 8.84. The van der Waals surface area contributed by atoms with Gasteiger partial charge in [0.2, 0.25) is 5.91 Å². The molecule has 2 unspecified atom stereocenters. The molecule has 1 fully saturated rings. The van der Waals surface area contributed by atoms with Crippen molar-refractivity contribution in [3.63, 3.8) is 0 Å². The molecular formula is C36H28N4O2S. The molecule has 0 bridgehead atoms. The van der Waals surface area contributed by atoms with E-state index >= 15 is 0 Å². The Bertz CT molecular complexity index is 1680. The third kappa shape index (κ3) is 5.32. The molecule has 6 nitrogen and oxygen atoms in total. The van der Waals surface area contributed by atoms with Crippen molar-refractivity contribution < 1.29 is 9.59 Å². The Kier molecular flexibility index (Phi) is 8.09. The maximum Gasteiger partial charge on any atom is 0.290 e. The molecule has 7 heteroatoms. The molecule has 0 aromatic heterocycles. The molecule has 2 atom stereocenters. The number of benzene rings is 5. The molecule has 1 saturated heterocycles. The van der Waals surface area contributed by atoms with E-state index in [1.54, 1.807) is 0 Å². The van der Waals surface area contributed by atoms with Crippen molar-refractivity contribution in [2.45, 2.75) is 23.3 Å². The van der Waals surface area contributed by atoms with Crippen LogP contribution in [0.5, 0.6) is 0 Å². The highest BCUT2D eigenvalue weighted by atomic mass is 32.2. The molecule has 43 heavy (non-hydrogen) atoms. The summed E-state index contributed by atoms with van der Waals surface area (Å²) in [6, 6.07) is 46.1. The van der Waals surface area contributed by atoms with Crippen LogP contribution in [0.15, 0.2) is 151 Å². The quantitative estimate of drug-likeness (QED) is 0.0756. The van der Waals surface area contributed by atoms with Gasteiger partial charge in [0.1, 0.15) is 5.54 Å². The van der Waals surface area contributed by atoms with Gasteiger partial charge in [-0.15, -0.1) is 0 Å². The van der Waals surface area contributed by atoms with Gasteiger partial charge in [-0.3, -0.25) is 14.5 Å². The Hall–Kier alpha value is -5.10. The monoisotopic (exact) mass is 580 g/mol. The lowest BCUT2D eigenvalue weighted by Crippen LogP contribution is -2.51. The Morgan fingerprint density at radius 1 is 0.698 bits per heavy atom. The van der Waals surface area contributed by atoms with Crippen LogP contribution in [0.25, 0.3) is 10.4 Å². The largest absolute Gasteiger partial charge is 0.290 e. The molecule has 1 aliphatic rings. The number of carbonyl (C=O) groups excluding carboxylic acids is 2. The molecule has 5 aromatic rings. The number of hydrogen-bond acceptors (Lipinski definition) is 4. The number of hydrogen-bond donors (Lipinski definition) is 0. The molecular weight excluding hydrogens is 552 g/mol. The van der Waals surface area contributed by atoms with Gasteiger partial charge in [0.25, 0.3) is 5.24 Å². The second kappa shape index (κ2) is 12.4. The summed E-state index contributed by atoms with van der Waals surface area (Å²) in [6.45, 7) is 0. The first-order valence-electron chi connectivity index (χ1n) is 14.0. The van der Waals surface area contributed by atoms with E-state index in [0.29, 0.717) is 6.42 Å². The lowest BCUT2D eigenvalue weighted by Gasteiger charge is -2.42. The minimum absolute atomic E-state index is 0.244. The van der Waals surface area contributed by atoms with Crippen molar-refractivity contribution >= 4 is 22.9 Å². The van der Waals surface area contributed by atoms with Crippen LogP contribution in [0.4, 0.5) is 4.79 Å². The summed E-state index contributed by atoms with van der Waals surface area (Å²) in [5, 5.41) is 3.15. The Morgan fingerprint density at radius 2 is 1.19 bits per heavy atom. The van der Waals surface area contributed by atoms with Gasteiger partial charge in [-0.2, -0.15) is 0 Å². The van der Waals surface area contributed by atoms with Crippen molar-refractivity contribution in [3.8, 4) is 0 Å². The average molecular weight is 581 g/mol. The highest BCUT2D eigenvalue weighted by Crippen LogP contribution is 2.48. The first-order chi connectivity index (χ1) is 21.1. The SMILES string of the molecule is [N-]=[N+]=NC(c1ccccc1)c1cccc(CC2SC(=O)N(C(c3ccccc3)(c3ccccc3)c3ccccc3)C2=O)c1. The van der Waals surface area contributed by atoms with E-state index in [2.05, 4.69) is 10.0 Å². The topological polar surface area (TPSA) is 86.1 Å². The van der Waals surface area contributed by atoms with Crippen molar-refractivity contribution in [3.05, 3.63) is 189 Å². The maximum atomic E-state index is 14.4. The summed E-state index contributed by atoms with van der Waals surface area (Å²) < 4.78 is 0. The lowest BCUT2D eigenvalue weighted by atomic mass is 9.75. The van der Waals surface area contributed by atoms with Crippen molar-refractivity contribution in [2.24, 2.45) is 5.11 Å². The maximum absolute atomic E-state index is 14.4. The highest BCUT2D eigenvalue weighted by molar-refractivity contribution is 8.15. The van der Waals surface area contributed by atoms with Crippen LogP contribution >= 0.6 is 11.8 Å². The number of thioether (sulfide) groups is 1. The van der Waals surface area contributed by atoms with Gasteiger partial charge in [-0.05, 0) is 45.3 Å². The van der Waals surface area contributed by atoms with Gasteiger partial charge in [-0.1, -0.05) is 162 Å². The molecule has 2 amide bonds. The number of nitrogens with zero attached hydrogens (tertiary/aromatic N) is 4. The number of rotatable bonds is 9. The van der Waals surface area contributed by atoms with E-state index in [0.717, 1.165) is 45.1 Å². The Labute approximate surface area is 254 Å². The fraction of sp³-hybridized carbons (Fsp3) is 0.111. The van der Waals surface area contributed by atoms with Crippen LogP contribution in [0, 0.1) is 0 Å². The summed E-state index contributed by atoms with van der Waals surface area (Å²) in [5.41, 5.74) is 13.2. The predicted molar refractivity (Wildman–Crippen MR) is 170 cm³/mol. The van der Waals surface area contributed by atoms with Gasteiger partial charge >= 0.3 is 0 Å². The predicted octanol–water partition coefficient (Wildman–Crippen LogP) is 8.68. The number of imide groups is 1. The van der Waals surface area contributed by atoms with Crippen LogP contribution < -0.4 is 0 Å². The molecule has 0 spiro atoms. The van der Waals surface area contributed by atoms with E-state index in [1.807, 2.05) is 146 Å². The fourth-order valence-electron chi connectivity index (χ4n) is 5.93. The molecule has 6 rings (SSSR count). The number of azide groups is 1. The first-order valence-corrected chi connectivity index (χ1v) is 14.9. The van der Waals surface area contributed by atoms with Crippen molar-refractivity contribution in [2.75, 3.05) is 0 Å². The third-order valence-electron chi connectivity index (χ3n) is 7.80. The van der Waals surface area contributed by atoms with Crippen LogP contribution in [0.2, 0.25) is 0 Å². The summed E-state index contributed by atoms with van der Waals surface area (Å²) in [4.78, 5) is 33.0. The van der Waals surface area contributed by atoms with E-state index in [1.165, 1.54) is 4.90 Å².